The van der Waals surface area contributed by atoms with Crippen LogP contribution in [0.1, 0.15) is 10.4 Å². The summed E-state index contributed by atoms with van der Waals surface area (Å²) < 4.78 is 0. The molecule has 1 aromatic carbocycles. The van der Waals surface area contributed by atoms with Gasteiger partial charge in [-0.25, -0.2) is 0 Å². The molecule has 6 heteroatoms. The summed E-state index contributed by atoms with van der Waals surface area (Å²) in [4.78, 5) is 14.9. The summed E-state index contributed by atoms with van der Waals surface area (Å²) in [6.45, 7) is 0. The van der Waals surface area contributed by atoms with Crippen LogP contribution in [-0.4, -0.2) is 11.1 Å². The molecule has 1 heterocycles. The summed E-state index contributed by atoms with van der Waals surface area (Å²) >= 11 is 1.04. The van der Waals surface area contributed by atoms with Crippen molar-refractivity contribution in [2.75, 3.05) is 0 Å². The van der Waals surface area contributed by atoms with Crippen LogP contribution in [0.15, 0.2) is 41.4 Å². The number of para-hydroxylation sites is 1. The molecule has 0 fully saturated rings. The van der Waals surface area contributed by atoms with Gasteiger partial charge < -0.3 is 0 Å². The summed E-state index contributed by atoms with van der Waals surface area (Å²) in [6, 6.07) is 12.0. The molecular weight excluding hydrogens is 250 g/mol. The van der Waals surface area contributed by atoms with E-state index in [9.17, 15) is 10.1 Å². The Balaban J connectivity index is 2.25. The first-order valence-corrected chi connectivity index (χ1v) is 5.80. The number of nitriles is 1. The third kappa shape index (κ3) is 2.59. The van der Waals surface area contributed by atoms with E-state index in [0.29, 0.717) is 16.1 Å². The minimum Gasteiger partial charge on any atom is -0.258 e. The van der Waals surface area contributed by atoms with Crippen molar-refractivity contribution < 1.29 is 4.92 Å². The second kappa shape index (κ2) is 5.21. The van der Waals surface area contributed by atoms with Crippen molar-refractivity contribution in [1.29, 1.82) is 5.26 Å². The molecule has 0 saturated heterocycles. The first-order chi connectivity index (χ1) is 8.70. The van der Waals surface area contributed by atoms with E-state index in [1.807, 2.05) is 6.07 Å². The zero-order chi connectivity index (χ0) is 13.0. The molecule has 0 unspecified atom stereocenters. The number of thiophene rings is 1. The summed E-state index contributed by atoms with van der Waals surface area (Å²) in [6.07, 6.45) is 1.52. The van der Waals surface area contributed by atoms with Crippen LogP contribution < -0.4 is 0 Å². The van der Waals surface area contributed by atoms with Gasteiger partial charge >= 0.3 is 5.00 Å². The highest BCUT2D eigenvalue weighted by molar-refractivity contribution is 7.16. The molecule has 0 spiro atoms. The Morgan fingerprint density at radius 2 is 2.11 bits per heavy atom. The number of nitrogens with zero attached hydrogens (tertiary/aromatic N) is 3. The standard InChI is InChI=1S/C12H7N3O2S/c13-7-9-3-1-2-4-11(9)14-8-10-5-6-12(18-10)15(16)17/h1-6,8H. The van der Waals surface area contributed by atoms with Crippen molar-refractivity contribution in [3.05, 3.63) is 57.0 Å². The summed E-state index contributed by atoms with van der Waals surface area (Å²) in [5.74, 6) is 0. The fourth-order valence-electron chi connectivity index (χ4n) is 1.32. The zero-order valence-corrected chi connectivity index (χ0v) is 9.92. The van der Waals surface area contributed by atoms with Crippen molar-refractivity contribution in [3.8, 4) is 6.07 Å². The Labute approximate surface area is 107 Å². The molecule has 0 aliphatic heterocycles. The van der Waals surface area contributed by atoms with Gasteiger partial charge in [0.2, 0.25) is 0 Å². The molecule has 0 bridgehead atoms. The highest BCUT2D eigenvalue weighted by Gasteiger charge is 2.08. The lowest BCUT2D eigenvalue weighted by Crippen LogP contribution is -1.80. The molecule has 18 heavy (non-hydrogen) atoms. The highest BCUT2D eigenvalue weighted by Crippen LogP contribution is 2.24. The number of aliphatic imine (C=N–C) groups is 1. The van der Waals surface area contributed by atoms with Crippen LogP contribution in [-0.2, 0) is 0 Å². The molecule has 0 saturated carbocycles. The van der Waals surface area contributed by atoms with Gasteiger partial charge in [-0.1, -0.05) is 23.5 Å². The first-order valence-electron chi connectivity index (χ1n) is 4.98. The number of hydrogen-bond donors (Lipinski definition) is 0. The fourth-order valence-corrected chi connectivity index (χ4v) is 2.02. The fraction of sp³-hybridized carbons (Fsp3) is 0. The maximum absolute atomic E-state index is 10.5. The molecule has 2 aromatic rings. The topological polar surface area (TPSA) is 79.3 Å². The van der Waals surface area contributed by atoms with Crippen LogP contribution >= 0.6 is 11.3 Å². The van der Waals surface area contributed by atoms with Gasteiger partial charge in [-0.05, 0) is 18.2 Å². The third-order valence-corrected chi connectivity index (χ3v) is 3.12. The quantitative estimate of drug-likeness (QED) is 0.480. The molecule has 2 rings (SSSR count). The Bertz CT molecular complexity index is 655. The Morgan fingerprint density at radius 3 is 2.78 bits per heavy atom. The van der Waals surface area contributed by atoms with E-state index < -0.39 is 4.92 Å². The first kappa shape index (κ1) is 12.0. The van der Waals surface area contributed by atoms with Crippen molar-refractivity contribution >= 4 is 28.2 Å². The summed E-state index contributed by atoms with van der Waals surface area (Å²) in [5, 5.41) is 19.5. The monoisotopic (exact) mass is 257 g/mol. The van der Waals surface area contributed by atoms with Gasteiger partial charge in [0, 0.05) is 12.3 Å². The van der Waals surface area contributed by atoms with Crippen LogP contribution in [0.25, 0.3) is 0 Å². The van der Waals surface area contributed by atoms with E-state index in [-0.39, 0.29) is 5.00 Å². The van der Waals surface area contributed by atoms with Gasteiger partial charge in [0.05, 0.1) is 21.1 Å². The minimum absolute atomic E-state index is 0.0741. The maximum Gasteiger partial charge on any atom is 0.324 e. The highest BCUT2D eigenvalue weighted by atomic mass is 32.1. The molecule has 5 nitrogen and oxygen atoms in total. The number of nitro groups is 1. The number of hydrogen-bond acceptors (Lipinski definition) is 5. The Hall–Kier alpha value is -2.52. The molecular formula is C12H7N3O2S. The van der Waals surface area contributed by atoms with Crippen LogP contribution in [0.3, 0.4) is 0 Å². The second-order valence-corrected chi connectivity index (χ2v) is 4.41. The van der Waals surface area contributed by atoms with Gasteiger partial charge in [0.15, 0.2) is 0 Å². The lowest BCUT2D eigenvalue weighted by Gasteiger charge is -1.94. The summed E-state index contributed by atoms with van der Waals surface area (Å²) in [5.41, 5.74) is 1.02. The zero-order valence-electron chi connectivity index (χ0n) is 9.11. The number of benzene rings is 1. The van der Waals surface area contributed by atoms with Crippen LogP contribution in [0.4, 0.5) is 10.7 Å². The van der Waals surface area contributed by atoms with E-state index in [2.05, 4.69) is 4.99 Å². The predicted octanol–water partition coefficient (Wildman–Crippen LogP) is 3.28. The van der Waals surface area contributed by atoms with Crippen LogP contribution in [0, 0.1) is 21.4 Å². The largest absolute Gasteiger partial charge is 0.324 e. The lowest BCUT2D eigenvalue weighted by atomic mass is 10.2. The molecule has 0 N–H and O–H groups in total. The molecule has 0 aliphatic carbocycles. The van der Waals surface area contributed by atoms with E-state index >= 15 is 0 Å². The Kier molecular flexibility index (Phi) is 3.46. The second-order valence-electron chi connectivity index (χ2n) is 3.32. The normalized spacial score (nSPS) is 10.4. The molecule has 0 atom stereocenters. The van der Waals surface area contributed by atoms with Gasteiger partial charge in [-0.3, -0.25) is 15.1 Å². The molecule has 88 valence electrons. The molecule has 0 radical (unpaired) electrons. The Morgan fingerprint density at radius 1 is 1.33 bits per heavy atom. The predicted molar refractivity (Wildman–Crippen MR) is 69.4 cm³/mol. The van der Waals surface area contributed by atoms with Gasteiger partial charge in [-0.2, -0.15) is 5.26 Å². The van der Waals surface area contributed by atoms with Crippen molar-refractivity contribution in [3.63, 3.8) is 0 Å². The average Bonchev–Trinajstić information content (AvgIpc) is 2.85. The van der Waals surface area contributed by atoms with E-state index in [0.717, 1.165) is 11.3 Å². The van der Waals surface area contributed by atoms with Crippen molar-refractivity contribution in [2.24, 2.45) is 4.99 Å². The lowest BCUT2D eigenvalue weighted by molar-refractivity contribution is -0.380. The molecule has 0 aliphatic rings. The van der Waals surface area contributed by atoms with E-state index in [4.69, 9.17) is 5.26 Å². The van der Waals surface area contributed by atoms with Gasteiger partial charge in [-0.15, -0.1) is 0 Å². The average molecular weight is 257 g/mol. The smallest absolute Gasteiger partial charge is 0.258 e. The van der Waals surface area contributed by atoms with Crippen molar-refractivity contribution in [1.82, 2.24) is 0 Å². The van der Waals surface area contributed by atoms with E-state index in [1.165, 1.54) is 12.3 Å². The van der Waals surface area contributed by atoms with Crippen LogP contribution in [0.2, 0.25) is 0 Å². The van der Waals surface area contributed by atoms with Gasteiger partial charge in [0.1, 0.15) is 6.07 Å². The number of rotatable bonds is 3. The van der Waals surface area contributed by atoms with Gasteiger partial charge in [0.25, 0.3) is 0 Å². The SMILES string of the molecule is N#Cc1ccccc1N=Cc1ccc([N+](=O)[O-])s1. The maximum atomic E-state index is 10.5. The van der Waals surface area contributed by atoms with Crippen molar-refractivity contribution in [2.45, 2.75) is 0 Å². The molecule has 0 amide bonds. The van der Waals surface area contributed by atoms with E-state index in [1.54, 1.807) is 30.3 Å². The third-order valence-electron chi connectivity index (χ3n) is 2.15. The summed E-state index contributed by atoms with van der Waals surface area (Å²) in [7, 11) is 0. The molecule has 1 aromatic heterocycles. The van der Waals surface area contributed by atoms with Crippen LogP contribution in [0.5, 0.6) is 0 Å². The minimum atomic E-state index is -0.439.